The molecule has 14 heavy (non-hydrogen) atoms. The molecule has 76 valence electrons. The van der Waals surface area contributed by atoms with Crippen LogP contribution in [-0.4, -0.2) is 20.3 Å². The molecule has 0 saturated heterocycles. The maximum absolute atomic E-state index is 5.81. The Labute approximate surface area is 83.8 Å². The van der Waals surface area contributed by atoms with Crippen LogP contribution in [0.1, 0.15) is 17.9 Å². The molecule has 0 aliphatic heterocycles. The summed E-state index contributed by atoms with van der Waals surface area (Å²) in [7, 11) is 3.32. The molecule has 0 bridgehead atoms. The maximum Gasteiger partial charge on any atom is 0.126 e. The molecule has 1 aliphatic carbocycles. The highest BCUT2D eigenvalue weighted by Crippen LogP contribution is 2.44. The molecule has 2 rings (SSSR count). The fourth-order valence-corrected chi connectivity index (χ4v) is 1.70. The average molecular weight is 193 g/mol. The van der Waals surface area contributed by atoms with Gasteiger partial charge in [0, 0.05) is 18.0 Å². The van der Waals surface area contributed by atoms with Gasteiger partial charge < -0.3 is 15.2 Å². The number of hydrogen-bond donors (Lipinski definition) is 1. The predicted octanol–water partition coefficient (Wildman–Crippen LogP) is 1.52. The van der Waals surface area contributed by atoms with Crippen LogP contribution in [0.25, 0.3) is 0 Å². The van der Waals surface area contributed by atoms with Gasteiger partial charge in [0.1, 0.15) is 11.5 Å². The van der Waals surface area contributed by atoms with Crippen LogP contribution in [0.2, 0.25) is 0 Å². The summed E-state index contributed by atoms with van der Waals surface area (Å²) in [4.78, 5) is 0. The maximum atomic E-state index is 5.81. The Morgan fingerprint density at radius 1 is 1.29 bits per heavy atom. The minimum Gasteiger partial charge on any atom is -0.497 e. The van der Waals surface area contributed by atoms with Gasteiger partial charge in [-0.1, -0.05) is 6.07 Å². The molecular weight excluding hydrogens is 178 g/mol. The number of nitrogens with two attached hydrogens (primary N) is 1. The molecule has 1 aliphatic rings. The molecule has 0 radical (unpaired) electrons. The van der Waals surface area contributed by atoms with E-state index in [-0.39, 0.29) is 0 Å². The van der Waals surface area contributed by atoms with E-state index < -0.39 is 0 Å². The topological polar surface area (TPSA) is 44.5 Å². The van der Waals surface area contributed by atoms with E-state index in [1.807, 2.05) is 18.2 Å². The Balaban J connectivity index is 2.30. The van der Waals surface area contributed by atoms with Crippen molar-refractivity contribution in [3.63, 3.8) is 0 Å². The molecule has 1 saturated carbocycles. The van der Waals surface area contributed by atoms with Gasteiger partial charge in [0.05, 0.1) is 14.2 Å². The SMILES string of the molecule is COc1ccc([C@H]2C[C@@H]2N)c(OC)c1. The fraction of sp³-hybridized carbons (Fsp3) is 0.455. The first-order valence-corrected chi connectivity index (χ1v) is 4.73. The summed E-state index contributed by atoms with van der Waals surface area (Å²) in [5.74, 6) is 2.16. The van der Waals surface area contributed by atoms with Crippen LogP contribution >= 0.6 is 0 Å². The highest BCUT2D eigenvalue weighted by atomic mass is 16.5. The van der Waals surface area contributed by atoms with Gasteiger partial charge in [-0.05, 0) is 18.1 Å². The van der Waals surface area contributed by atoms with Crippen molar-refractivity contribution in [2.24, 2.45) is 5.73 Å². The molecule has 0 heterocycles. The normalized spacial score (nSPS) is 24.5. The molecule has 0 unspecified atom stereocenters. The highest BCUT2D eigenvalue weighted by molar-refractivity contribution is 5.45. The Morgan fingerprint density at radius 3 is 2.50 bits per heavy atom. The Bertz CT molecular complexity index is 338. The van der Waals surface area contributed by atoms with Gasteiger partial charge in [-0.15, -0.1) is 0 Å². The van der Waals surface area contributed by atoms with Gasteiger partial charge in [-0.3, -0.25) is 0 Å². The van der Waals surface area contributed by atoms with Gasteiger partial charge in [0.25, 0.3) is 0 Å². The Morgan fingerprint density at radius 2 is 2.00 bits per heavy atom. The van der Waals surface area contributed by atoms with E-state index in [0.717, 1.165) is 17.9 Å². The van der Waals surface area contributed by atoms with E-state index in [1.165, 1.54) is 5.56 Å². The van der Waals surface area contributed by atoms with E-state index in [9.17, 15) is 0 Å². The van der Waals surface area contributed by atoms with Gasteiger partial charge in [-0.25, -0.2) is 0 Å². The average Bonchev–Trinajstić information content (AvgIpc) is 2.94. The van der Waals surface area contributed by atoms with Crippen molar-refractivity contribution in [1.29, 1.82) is 0 Å². The third kappa shape index (κ3) is 1.55. The summed E-state index contributed by atoms with van der Waals surface area (Å²) in [5, 5.41) is 0. The van der Waals surface area contributed by atoms with Crippen LogP contribution in [0.5, 0.6) is 11.5 Å². The van der Waals surface area contributed by atoms with Crippen molar-refractivity contribution < 1.29 is 9.47 Å². The fourth-order valence-electron chi connectivity index (χ4n) is 1.70. The standard InChI is InChI=1S/C11H15NO2/c1-13-7-3-4-8(9-6-10(9)12)11(5-7)14-2/h3-5,9-10H,6,12H2,1-2H3/t9-,10+/m1/s1. The lowest BCUT2D eigenvalue weighted by molar-refractivity contribution is 0.391. The lowest BCUT2D eigenvalue weighted by atomic mass is 10.1. The second-order valence-electron chi connectivity index (χ2n) is 3.61. The Hall–Kier alpha value is -1.22. The lowest BCUT2D eigenvalue weighted by Gasteiger charge is -2.09. The summed E-state index contributed by atoms with van der Waals surface area (Å²) in [5.41, 5.74) is 7.00. The van der Waals surface area contributed by atoms with Crippen LogP contribution in [0.3, 0.4) is 0 Å². The van der Waals surface area contributed by atoms with E-state index in [2.05, 4.69) is 0 Å². The van der Waals surface area contributed by atoms with Crippen LogP contribution in [-0.2, 0) is 0 Å². The highest BCUT2D eigenvalue weighted by Gasteiger charge is 2.36. The molecule has 0 spiro atoms. The number of methoxy groups -OCH3 is 2. The second-order valence-corrected chi connectivity index (χ2v) is 3.61. The van der Waals surface area contributed by atoms with Crippen LogP contribution in [0.4, 0.5) is 0 Å². The van der Waals surface area contributed by atoms with Gasteiger partial charge in [-0.2, -0.15) is 0 Å². The van der Waals surface area contributed by atoms with Gasteiger partial charge >= 0.3 is 0 Å². The third-order valence-electron chi connectivity index (χ3n) is 2.68. The Kier molecular flexibility index (Phi) is 2.33. The zero-order chi connectivity index (χ0) is 10.1. The smallest absolute Gasteiger partial charge is 0.126 e. The molecule has 2 N–H and O–H groups in total. The zero-order valence-electron chi connectivity index (χ0n) is 8.49. The van der Waals surface area contributed by atoms with Crippen molar-refractivity contribution in [2.75, 3.05) is 14.2 Å². The minimum absolute atomic E-state index is 0.303. The van der Waals surface area contributed by atoms with Crippen molar-refractivity contribution in [3.05, 3.63) is 23.8 Å². The second kappa shape index (κ2) is 3.50. The first-order chi connectivity index (χ1) is 6.76. The summed E-state index contributed by atoms with van der Waals surface area (Å²) in [6.07, 6.45) is 1.06. The van der Waals surface area contributed by atoms with Crippen molar-refractivity contribution in [2.45, 2.75) is 18.4 Å². The zero-order valence-corrected chi connectivity index (χ0v) is 8.49. The quantitative estimate of drug-likeness (QED) is 0.791. The van der Waals surface area contributed by atoms with Crippen LogP contribution in [0.15, 0.2) is 18.2 Å². The molecule has 0 amide bonds. The molecule has 3 nitrogen and oxygen atoms in total. The first kappa shape index (κ1) is 9.34. The molecule has 2 atom stereocenters. The van der Waals surface area contributed by atoms with Gasteiger partial charge in [0.2, 0.25) is 0 Å². The summed E-state index contributed by atoms with van der Waals surface area (Å²) < 4.78 is 10.4. The summed E-state index contributed by atoms with van der Waals surface area (Å²) in [6.45, 7) is 0. The predicted molar refractivity (Wildman–Crippen MR) is 54.9 cm³/mol. The van der Waals surface area contributed by atoms with E-state index in [0.29, 0.717) is 12.0 Å². The molecule has 3 heteroatoms. The summed E-state index contributed by atoms with van der Waals surface area (Å²) >= 11 is 0. The first-order valence-electron chi connectivity index (χ1n) is 4.73. The molecular formula is C11H15NO2. The third-order valence-corrected chi connectivity index (χ3v) is 2.68. The van der Waals surface area contributed by atoms with Gasteiger partial charge in [0.15, 0.2) is 0 Å². The summed E-state index contributed by atoms with van der Waals surface area (Å²) in [6, 6.07) is 6.19. The number of hydrogen-bond acceptors (Lipinski definition) is 3. The number of benzene rings is 1. The molecule has 1 aromatic rings. The minimum atomic E-state index is 0.303. The molecule has 0 aromatic heterocycles. The number of ether oxygens (including phenoxy) is 2. The van der Waals surface area contributed by atoms with Crippen molar-refractivity contribution in [1.82, 2.24) is 0 Å². The van der Waals surface area contributed by atoms with E-state index in [1.54, 1.807) is 14.2 Å². The largest absolute Gasteiger partial charge is 0.497 e. The lowest BCUT2D eigenvalue weighted by Crippen LogP contribution is -2.02. The van der Waals surface area contributed by atoms with E-state index in [4.69, 9.17) is 15.2 Å². The monoisotopic (exact) mass is 193 g/mol. The molecule has 1 aromatic carbocycles. The molecule has 1 fully saturated rings. The van der Waals surface area contributed by atoms with E-state index >= 15 is 0 Å². The van der Waals surface area contributed by atoms with Crippen molar-refractivity contribution in [3.8, 4) is 11.5 Å². The van der Waals surface area contributed by atoms with Crippen LogP contribution < -0.4 is 15.2 Å². The van der Waals surface area contributed by atoms with Crippen LogP contribution in [0, 0.1) is 0 Å². The van der Waals surface area contributed by atoms with Crippen molar-refractivity contribution >= 4 is 0 Å². The number of rotatable bonds is 3.